The fourth-order valence-corrected chi connectivity index (χ4v) is 2.57. The van der Waals surface area contributed by atoms with Gasteiger partial charge in [0, 0.05) is 11.8 Å². The van der Waals surface area contributed by atoms with E-state index in [2.05, 4.69) is 10.2 Å². The number of aromatic amines is 1. The molecule has 2 N–H and O–H groups in total. The number of nitrogens with one attached hydrogen (secondary N) is 1. The lowest BCUT2D eigenvalue weighted by atomic mass is 10.1. The second kappa shape index (κ2) is 5.05. The molecule has 6 heteroatoms. The second-order valence-electron chi connectivity index (χ2n) is 4.69. The van der Waals surface area contributed by atoms with E-state index >= 15 is 0 Å². The predicted octanol–water partition coefficient (Wildman–Crippen LogP) is 1.41. The molecule has 0 saturated heterocycles. The molecular weight excluding hydrogens is 226 g/mol. The Bertz CT molecular complexity index is 390. The molecule has 1 heterocycles. The molecule has 1 rings (SSSR count). The van der Waals surface area contributed by atoms with E-state index in [1.807, 2.05) is 13.8 Å². The lowest BCUT2D eigenvalue weighted by Gasteiger charge is -2.16. The molecule has 0 bridgehead atoms. The fourth-order valence-electron chi connectivity index (χ4n) is 1.24. The Morgan fingerprint density at radius 1 is 1.56 bits per heavy atom. The van der Waals surface area contributed by atoms with Crippen molar-refractivity contribution >= 4 is 11.8 Å². The zero-order valence-electron chi connectivity index (χ0n) is 10.1. The van der Waals surface area contributed by atoms with E-state index in [9.17, 15) is 9.90 Å². The van der Waals surface area contributed by atoms with Gasteiger partial charge >= 0.3 is 5.69 Å². The number of aromatic nitrogens is 3. The van der Waals surface area contributed by atoms with Crippen LogP contribution in [0.15, 0.2) is 9.95 Å². The molecule has 0 aliphatic carbocycles. The molecule has 0 spiro atoms. The van der Waals surface area contributed by atoms with E-state index in [0.717, 1.165) is 5.75 Å². The Morgan fingerprint density at radius 2 is 2.19 bits per heavy atom. The van der Waals surface area contributed by atoms with Crippen LogP contribution < -0.4 is 5.69 Å². The van der Waals surface area contributed by atoms with Crippen molar-refractivity contribution in [3.63, 3.8) is 0 Å². The van der Waals surface area contributed by atoms with E-state index < -0.39 is 5.60 Å². The Morgan fingerprint density at radius 3 is 2.69 bits per heavy atom. The average Bonchev–Trinajstić information content (AvgIpc) is 2.44. The standard InChI is InChI=1S/C10H19N3O2S/c1-7(2)13-8(14)11-12-9(13)16-6-5-10(3,4)15/h7,15H,5-6H2,1-4H3,(H,11,14). The van der Waals surface area contributed by atoms with Crippen LogP contribution in [-0.4, -0.2) is 31.2 Å². The molecule has 16 heavy (non-hydrogen) atoms. The molecule has 5 nitrogen and oxygen atoms in total. The van der Waals surface area contributed by atoms with Crippen molar-refractivity contribution in [2.45, 2.75) is 50.9 Å². The van der Waals surface area contributed by atoms with Crippen LogP contribution in [0.5, 0.6) is 0 Å². The van der Waals surface area contributed by atoms with Crippen LogP contribution in [-0.2, 0) is 0 Å². The maximum Gasteiger partial charge on any atom is 0.344 e. The Balaban J connectivity index is 2.65. The number of thioether (sulfide) groups is 1. The first kappa shape index (κ1) is 13.3. The summed E-state index contributed by atoms with van der Waals surface area (Å²) in [7, 11) is 0. The van der Waals surface area contributed by atoms with Crippen LogP contribution in [0.3, 0.4) is 0 Å². The van der Waals surface area contributed by atoms with E-state index in [1.54, 1.807) is 18.4 Å². The van der Waals surface area contributed by atoms with Crippen molar-refractivity contribution in [2.75, 3.05) is 5.75 Å². The highest BCUT2D eigenvalue weighted by Crippen LogP contribution is 2.20. The average molecular weight is 245 g/mol. The van der Waals surface area contributed by atoms with Crippen LogP contribution in [0.1, 0.15) is 40.2 Å². The number of hydrogen-bond acceptors (Lipinski definition) is 4. The van der Waals surface area contributed by atoms with Crippen molar-refractivity contribution in [2.24, 2.45) is 0 Å². The number of H-pyrrole nitrogens is 1. The van der Waals surface area contributed by atoms with Gasteiger partial charge in [0.15, 0.2) is 5.16 Å². The van der Waals surface area contributed by atoms with Crippen molar-refractivity contribution in [1.29, 1.82) is 0 Å². The smallest absolute Gasteiger partial charge is 0.344 e. The number of aliphatic hydroxyl groups is 1. The zero-order valence-corrected chi connectivity index (χ0v) is 11.0. The van der Waals surface area contributed by atoms with Crippen molar-refractivity contribution in [1.82, 2.24) is 14.8 Å². The third-order valence-electron chi connectivity index (χ3n) is 2.13. The summed E-state index contributed by atoms with van der Waals surface area (Å²) in [5.74, 6) is 0.737. The van der Waals surface area contributed by atoms with Crippen LogP contribution in [0.2, 0.25) is 0 Å². The van der Waals surface area contributed by atoms with Crippen molar-refractivity contribution < 1.29 is 5.11 Å². The molecule has 0 unspecified atom stereocenters. The molecule has 0 aromatic carbocycles. The minimum Gasteiger partial charge on any atom is -0.390 e. The van der Waals surface area contributed by atoms with E-state index in [4.69, 9.17) is 0 Å². The van der Waals surface area contributed by atoms with Gasteiger partial charge in [0.2, 0.25) is 0 Å². The van der Waals surface area contributed by atoms with Crippen molar-refractivity contribution in [3.05, 3.63) is 10.5 Å². The molecule has 0 aliphatic rings. The molecular formula is C10H19N3O2S. The van der Waals surface area contributed by atoms with Gasteiger partial charge < -0.3 is 5.11 Å². The maximum absolute atomic E-state index is 11.4. The predicted molar refractivity (Wildman–Crippen MR) is 64.9 cm³/mol. The Labute approximate surface area is 99.3 Å². The summed E-state index contributed by atoms with van der Waals surface area (Å²) in [4.78, 5) is 11.4. The maximum atomic E-state index is 11.4. The van der Waals surface area contributed by atoms with Crippen LogP contribution in [0, 0.1) is 0 Å². The van der Waals surface area contributed by atoms with E-state index in [0.29, 0.717) is 11.6 Å². The summed E-state index contributed by atoms with van der Waals surface area (Å²) in [6, 6.07) is 0.0934. The SMILES string of the molecule is CC(C)n1c(SCCC(C)(C)O)n[nH]c1=O. The molecule has 0 atom stereocenters. The number of hydrogen-bond donors (Lipinski definition) is 2. The lowest BCUT2D eigenvalue weighted by molar-refractivity contribution is 0.0777. The monoisotopic (exact) mass is 245 g/mol. The highest BCUT2D eigenvalue weighted by atomic mass is 32.2. The van der Waals surface area contributed by atoms with Crippen LogP contribution in [0.25, 0.3) is 0 Å². The molecule has 0 aliphatic heterocycles. The number of nitrogens with zero attached hydrogens (tertiary/aromatic N) is 2. The van der Waals surface area contributed by atoms with Gasteiger partial charge in [-0.15, -0.1) is 5.10 Å². The molecule has 0 amide bonds. The Kier molecular flexibility index (Phi) is 4.21. The molecule has 0 radical (unpaired) electrons. The summed E-state index contributed by atoms with van der Waals surface area (Å²) in [5, 5.41) is 16.7. The molecule has 1 aromatic heterocycles. The highest BCUT2D eigenvalue weighted by molar-refractivity contribution is 7.99. The second-order valence-corrected chi connectivity index (χ2v) is 5.75. The first-order chi connectivity index (χ1) is 7.31. The summed E-state index contributed by atoms with van der Waals surface area (Å²) in [5.41, 5.74) is -0.854. The van der Waals surface area contributed by atoms with E-state index in [1.165, 1.54) is 11.8 Å². The van der Waals surface area contributed by atoms with Gasteiger partial charge in [0.25, 0.3) is 0 Å². The fraction of sp³-hybridized carbons (Fsp3) is 0.800. The third kappa shape index (κ3) is 3.68. The highest BCUT2D eigenvalue weighted by Gasteiger charge is 2.15. The van der Waals surface area contributed by atoms with Gasteiger partial charge in [-0.25, -0.2) is 9.89 Å². The third-order valence-corrected chi connectivity index (χ3v) is 3.09. The summed E-state index contributed by atoms with van der Waals surface area (Å²) < 4.78 is 1.62. The summed E-state index contributed by atoms with van der Waals surface area (Å²) in [6.45, 7) is 7.43. The molecule has 0 saturated carbocycles. The Hall–Kier alpha value is -0.750. The van der Waals surface area contributed by atoms with Crippen LogP contribution >= 0.6 is 11.8 Å². The van der Waals surface area contributed by atoms with Crippen molar-refractivity contribution in [3.8, 4) is 0 Å². The van der Waals surface area contributed by atoms with Gasteiger partial charge in [0.05, 0.1) is 5.60 Å². The minimum absolute atomic E-state index is 0.0934. The minimum atomic E-state index is -0.674. The largest absolute Gasteiger partial charge is 0.390 e. The lowest BCUT2D eigenvalue weighted by Crippen LogP contribution is -2.21. The van der Waals surface area contributed by atoms with Gasteiger partial charge in [-0.3, -0.25) is 4.57 Å². The summed E-state index contributed by atoms with van der Waals surface area (Å²) in [6.07, 6.45) is 0.664. The van der Waals surface area contributed by atoms with E-state index in [-0.39, 0.29) is 11.7 Å². The first-order valence-corrected chi connectivity index (χ1v) is 6.32. The van der Waals surface area contributed by atoms with Crippen LogP contribution in [0.4, 0.5) is 0 Å². The quantitative estimate of drug-likeness (QED) is 0.769. The van der Waals surface area contributed by atoms with Gasteiger partial charge in [0.1, 0.15) is 0 Å². The number of rotatable bonds is 5. The van der Waals surface area contributed by atoms with Gasteiger partial charge in [-0.05, 0) is 34.1 Å². The molecule has 1 aromatic rings. The van der Waals surface area contributed by atoms with Gasteiger partial charge in [-0.2, -0.15) is 0 Å². The van der Waals surface area contributed by atoms with Gasteiger partial charge in [-0.1, -0.05) is 11.8 Å². The summed E-state index contributed by atoms with van der Waals surface area (Å²) >= 11 is 1.48. The molecule has 92 valence electrons. The zero-order chi connectivity index (χ0) is 12.3. The molecule has 0 fully saturated rings. The topological polar surface area (TPSA) is 70.9 Å². The normalized spacial score (nSPS) is 12.4. The first-order valence-electron chi connectivity index (χ1n) is 5.33.